The molecule has 16 heavy (non-hydrogen) atoms. The van der Waals surface area contributed by atoms with Crippen LogP contribution in [-0.4, -0.2) is 24.3 Å². The molecule has 1 aromatic rings. The van der Waals surface area contributed by atoms with Gasteiger partial charge in [-0.2, -0.15) is 4.99 Å². The molecule has 0 radical (unpaired) electrons. The van der Waals surface area contributed by atoms with Crippen LogP contribution < -0.4 is 9.47 Å². The highest BCUT2D eigenvalue weighted by molar-refractivity contribution is 5.41. The molecule has 1 atom stereocenters. The SMILES string of the molecule is CC(C)(N=C=O)C1COc2ccccc2O1. The summed E-state index contributed by atoms with van der Waals surface area (Å²) in [6, 6.07) is 7.45. The van der Waals surface area contributed by atoms with Crippen LogP contribution >= 0.6 is 0 Å². The smallest absolute Gasteiger partial charge is 0.235 e. The Morgan fingerprint density at radius 1 is 1.38 bits per heavy atom. The van der Waals surface area contributed by atoms with E-state index in [1.54, 1.807) is 6.08 Å². The van der Waals surface area contributed by atoms with Crippen LogP contribution in [0.1, 0.15) is 13.8 Å². The zero-order chi connectivity index (χ0) is 11.6. The van der Waals surface area contributed by atoms with Crippen molar-refractivity contribution in [3.63, 3.8) is 0 Å². The van der Waals surface area contributed by atoms with E-state index in [-0.39, 0.29) is 6.10 Å². The van der Waals surface area contributed by atoms with E-state index in [2.05, 4.69) is 4.99 Å². The largest absolute Gasteiger partial charge is 0.486 e. The minimum absolute atomic E-state index is 0.274. The highest BCUT2D eigenvalue weighted by Gasteiger charge is 2.35. The molecule has 2 rings (SSSR count). The Hall–Kier alpha value is -1.80. The number of benzene rings is 1. The van der Waals surface area contributed by atoms with Gasteiger partial charge in [-0.3, -0.25) is 0 Å². The molecule has 0 N–H and O–H groups in total. The quantitative estimate of drug-likeness (QED) is 0.564. The van der Waals surface area contributed by atoms with Gasteiger partial charge < -0.3 is 9.47 Å². The molecule has 0 saturated carbocycles. The highest BCUT2D eigenvalue weighted by atomic mass is 16.6. The fourth-order valence-electron chi connectivity index (χ4n) is 1.56. The number of nitrogens with zero attached hydrogens (tertiary/aromatic N) is 1. The fourth-order valence-corrected chi connectivity index (χ4v) is 1.56. The van der Waals surface area contributed by atoms with Gasteiger partial charge in [-0.05, 0) is 26.0 Å². The van der Waals surface area contributed by atoms with E-state index in [1.165, 1.54) is 0 Å². The van der Waals surface area contributed by atoms with E-state index >= 15 is 0 Å². The molecular weight excluding hydrogens is 206 g/mol. The first-order valence-electron chi connectivity index (χ1n) is 5.11. The van der Waals surface area contributed by atoms with Crippen LogP contribution in [0, 0.1) is 0 Å². The van der Waals surface area contributed by atoms with E-state index in [0.717, 1.165) is 5.75 Å². The summed E-state index contributed by atoms with van der Waals surface area (Å²) in [5.41, 5.74) is -0.630. The van der Waals surface area contributed by atoms with Crippen molar-refractivity contribution in [3.05, 3.63) is 24.3 Å². The van der Waals surface area contributed by atoms with Gasteiger partial charge in [-0.1, -0.05) is 12.1 Å². The van der Waals surface area contributed by atoms with E-state index in [4.69, 9.17) is 9.47 Å². The summed E-state index contributed by atoms with van der Waals surface area (Å²) < 4.78 is 11.3. The number of rotatable bonds is 2. The van der Waals surface area contributed by atoms with Crippen LogP contribution in [0.5, 0.6) is 11.5 Å². The van der Waals surface area contributed by atoms with E-state index in [0.29, 0.717) is 12.4 Å². The van der Waals surface area contributed by atoms with Gasteiger partial charge in [0.15, 0.2) is 17.6 Å². The summed E-state index contributed by atoms with van der Waals surface area (Å²) in [5.74, 6) is 1.41. The molecule has 1 aromatic carbocycles. The molecule has 1 heterocycles. The number of para-hydroxylation sites is 2. The molecule has 1 aliphatic rings. The number of isocyanates is 1. The van der Waals surface area contributed by atoms with Crippen molar-refractivity contribution in [1.82, 2.24) is 0 Å². The molecule has 4 nitrogen and oxygen atoms in total. The number of fused-ring (bicyclic) bond motifs is 1. The van der Waals surface area contributed by atoms with Crippen molar-refractivity contribution >= 4 is 6.08 Å². The molecule has 0 bridgehead atoms. The van der Waals surface area contributed by atoms with Crippen LogP contribution in [0.3, 0.4) is 0 Å². The Morgan fingerprint density at radius 2 is 2.06 bits per heavy atom. The molecule has 0 saturated heterocycles. The fraction of sp³-hybridized carbons (Fsp3) is 0.417. The van der Waals surface area contributed by atoms with E-state index in [9.17, 15) is 4.79 Å². The van der Waals surface area contributed by atoms with Gasteiger partial charge in [-0.15, -0.1) is 0 Å². The van der Waals surface area contributed by atoms with Gasteiger partial charge in [0.25, 0.3) is 0 Å². The maximum atomic E-state index is 10.3. The van der Waals surface area contributed by atoms with Gasteiger partial charge in [0, 0.05) is 0 Å². The lowest BCUT2D eigenvalue weighted by Crippen LogP contribution is -2.45. The number of hydrogen-bond acceptors (Lipinski definition) is 4. The van der Waals surface area contributed by atoms with Crippen LogP contribution in [0.2, 0.25) is 0 Å². The lowest BCUT2D eigenvalue weighted by molar-refractivity contribution is 0.0464. The van der Waals surface area contributed by atoms with Crippen molar-refractivity contribution in [3.8, 4) is 11.5 Å². The lowest BCUT2D eigenvalue weighted by atomic mass is 9.98. The summed E-state index contributed by atoms with van der Waals surface area (Å²) in [4.78, 5) is 14.1. The zero-order valence-electron chi connectivity index (χ0n) is 9.27. The number of hydrogen-bond donors (Lipinski definition) is 0. The average Bonchev–Trinajstić information content (AvgIpc) is 2.28. The van der Waals surface area contributed by atoms with E-state index < -0.39 is 5.54 Å². The first-order valence-corrected chi connectivity index (χ1v) is 5.11. The predicted molar refractivity (Wildman–Crippen MR) is 58.6 cm³/mol. The van der Waals surface area contributed by atoms with Crippen molar-refractivity contribution in [1.29, 1.82) is 0 Å². The molecule has 1 aliphatic heterocycles. The van der Waals surface area contributed by atoms with Crippen molar-refractivity contribution in [2.75, 3.05) is 6.61 Å². The third-order valence-corrected chi connectivity index (χ3v) is 2.63. The van der Waals surface area contributed by atoms with Crippen molar-refractivity contribution in [2.24, 2.45) is 4.99 Å². The van der Waals surface area contributed by atoms with Crippen LogP contribution in [-0.2, 0) is 4.79 Å². The van der Waals surface area contributed by atoms with Gasteiger partial charge in [-0.25, -0.2) is 4.79 Å². The van der Waals surface area contributed by atoms with E-state index in [1.807, 2.05) is 38.1 Å². The summed E-state index contributed by atoms with van der Waals surface area (Å²) in [5, 5.41) is 0. The second kappa shape index (κ2) is 3.99. The third-order valence-electron chi connectivity index (χ3n) is 2.63. The number of ether oxygens (including phenoxy) is 2. The third kappa shape index (κ3) is 1.92. The minimum Gasteiger partial charge on any atom is -0.486 e. The summed E-state index contributed by atoms with van der Waals surface area (Å²) in [6.07, 6.45) is 1.29. The van der Waals surface area contributed by atoms with Crippen LogP contribution in [0.25, 0.3) is 0 Å². The van der Waals surface area contributed by atoms with Crippen molar-refractivity contribution < 1.29 is 14.3 Å². The first-order chi connectivity index (χ1) is 7.63. The normalized spacial score (nSPS) is 18.8. The molecular formula is C12H13NO3. The number of aliphatic imine (C=N–C) groups is 1. The first kappa shape index (κ1) is 10.7. The second-order valence-corrected chi connectivity index (χ2v) is 4.22. The molecule has 4 heteroatoms. The van der Waals surface area contributed by atoms with Crippen LogP contribution in [0.4, 0.5) is 0 Å². The summed E-state index contributed by atoms with van der Waals surface area (Å²) in [7, 11) is 0. The Labute approximate surface area is 93.9 Å². The highest BCUT2D eigenvalue weighted by Crippen LogP contribution is 2.34. The van der Waals surface area contributed by atoms with Crippen LogP contribution in [0.15, 0.2) is 29.3 Å². The molecule has 0 aliphatic carbocycles. The maximum absolute atomic E-state index is 10.3. The minimum atomic E-state index is -0.630. The zero-order valence-corrected chi connectivity index (χ0v) is 9.27. The Bertz CT molecular complexity index is 436. The lowest BCUT2D eigenvalue weighted by Gasteiger charge is -2.33. The molecule has 0 aromatic heterocycles. The predicted octanol–water partition coefficient (Wildman–Crippen LogP) is 1.94. The standard InChI is InChI=1S/C12H13NO3/c1-12(2,13-8-14)11-7-15-9-5-3-4-6-10(9)16-11/h3-6,11H,7H2,1-2H3. The topological polar surface area (TPSA) is 47.9 Å². The molecule has 0 amide bonds. The Morgan fingerprint density at radius 3 is 2.75 bits per heavy atom. The van der Waals surface area contributed by atoms with Gasteiger partial charge >= 0.3 is 0 Å². The molecule has 0 fully saturated rings. The monoisotopic (exact) mass is 219 g/mol. The average molecular weight is 219 g/mol. The maximum Gasteiger partial charge on any atom is 0.235 e. The molecule has 0 spiro atoms. The number of carbonyl (C=O) groups excluding carboxylic acids is 1. The van der Waals surface area contributed by atoms with Gasteiger partial charge in [0.05, 0.1) is 0 Å². The Balaban J connectivity index is 2.23. The Kier molecular flexibility index (Phi) is 2.67. The molecule has 1 unspecified atom stereocenters. The second-order valence-electron chi connectivity index (χ2n) is 4.22. The van der Waals surface area contributed by atoms with Crippen molar-refractivity contribution in [2.45, 2.75) is 25.5 Å². The summed E-state index contributed by atoms with van der Waals surface area (Å²) >= 11 is 0. The van der Waals surface area contributed by atoms with Gasteiger partial charge in [0.1, 0.15) is 12.1 Å². The summed E-state index contributed by atoms with van der Waals surface area (Å²) in [6.45, 7) is 4.02. The molecule has 84 valence electrons. The van der Waals surface area contributed by atoms with Gasteiger partial charge in [0.2, 0.25) is 6.08 Å².